The van der Waals surface area contributed by atoms with Crippen LogP contribution in [-0.2, 0) is 6.42 Å². The van der Waals surface area contributed by atoms with E-state index in [-0.39, 0.29) is 0 Å². The molecule has 0 amide bonds. The lowest BCUT2D eigenvalue weighted by Gasteiger charge is -2.08. The summed E-state index contributed by atoms with van der Waals surface area (Å²) < 4.78 is 0. The van der Waals surface area contributed by atoms with Gasteiger partial charge in [0, 0.05) is 11.1 Å². The molecule has 134 valence electrons. The molecule has 0 saturated heterocycles. The van der Waals surface area contributed by atoms with Crippen molar-refractivity contribution in [1.29, 1.82) is 0 Å². The van der Waals surface area contributed by atoms with Gasteiger partial charge in [0.15, 0.2) is 11.6 Å². The fraction of sp³-hybridized carbons (Fsp3) is 0.348. The Morgan fingerprint density at radius 1 is 0.731 bits per heavy atom. The first-order valence-corrected chi connectivity index (χ1v) is 9.55. The minimum Gasteiger partial charge on any atom is -0.213 e. The van der Waals surface area contributed by atoms with Crippen LogP contribution in [0.4, 0.5) is 0 Å². The Labute approximate surface area is 156 Å². The minimum absolute atomic E-state index is 0.740. The number of hydrogen-bond acceptors (Lipinski definition) is 3. The van der Waals surface area contributed by atoms with Gasteiger partial charge in [-0.25, -0.2) is 15.0 Å². The van der Waals surface area contributed by atoms with Gasteiger partial charge in [-0.15, -0.1) is 0 Å². The summed E-state index contributed by atoms with van der Waals surface area (Å²) in [5, 5.41) is 0. The fourth-order valence-electron chi connectivity index (χ4n) is 3.15. The molecule has 0 aliphatic heterocycles. The summed E-state index contributed by atoms with van der Waals surface area (Å²) in [5.74, 6) is 2.24. The summed E-state index contributed by atoms with van der Waals surface area (Å²) in [6.07, 6.45) is 6.23. The van der Waals surface area contributed by atoms with E-state index in [2.05, 4.69) is 66.3 Å². The number of benzene rings is 2. The van der Waals surface area contributed by atoms with Crippen molar-refractivity contribution in [3.63, 3.8) is 0 Å². The van der Waals surface area contributed by atoms with Crippen LogP contribution in [0.2, 0.25) is 0 Å². The molecule has 0 unspecified atom stereocenters. The molecule has 0 aliphatic carbocycles. The largest absolute Gasteiger partial charge is 0.213 e. The molecule has 2 aromatic carbocycles. The second kappa shape index (κ2) is 8.70. The maximum absolute atomic E-state index is 4.74. The fourth-order valence-corrected chi connectivity index (χ4v) is 3.15. The Morgan fingerprint density at radius 2 is 1.42 bits per heavy atom. The molecule has 3 nitrogen and oxygen atoms in total. The highest BCUT2D eigenvalue weighted by Crippen LogP contribution is 2.22. The second-order valence-electron chi connectivity index (χ2n) is 6.91. The summed E-state index contributed by atoms with van der Waals surface area (Å²) in [6, 6.07) is 16.9. The van der Waals surface area contributed by atoms with Gasteiger partial charge in [-0.05, 0) is 44.4 Å². The molecule has 0 bridgehead atoms. The van der Waals surface area contributed by atoms with E-state index >= 15 is 0 Å². The maximum atomic E-state index is 4.74. The van der Waals surface area contributed by atoms with Crippen molar-refractivity contribution in [3.05, 3.63) is 65.5 Å². The minimum atomic E-state index is 0.740. The molecule has 0 N–H and O–H groups in total. The highest BCUT2D eigenvalue weighted by molar-refractivity contribution is 5.62. The zero-order chi connectivity index (χ0) is 18.4. The van der Waals surface area contributed by atoms with Crippen LogP contribution >= 0.6 is 0 Å². The Balaban J connectivity index is 1.87. The van der Waals surface area contributed by atoms with E-state index in [4.69, 9.17) is 4.98 Å². The predicted octanol–water partition coefficient (Wildman–Crippen LogP) is 5.95. The van der Waals surface area contributed by atoms with E-state index in [1.54, 1.807) is 0 Å². The first-order valence-electron chi connectivity index (χ1n) is 9.55. The van der Waals surface area contributed by atoms with Crippen molar-refractivity contribution >= 4 is 0 Å². The second-order valence-corrected chi connectivity index (χ2v) is 6.91. The molecule has 0 aliphatic rings. The topological polar surface area (TPSA) is 38.7 Å². The zero-order valence-corrected chi connectivity index (χ0v) is 16.0. The molecule has 1 aromatic heterocycles. The molecule has 0 atom stereocenters. The number of rotatable bonds is 7. The predicted molar refractivity (Wildman–Crippen MR) is 108 cm³/mol. The van der Waals surface area contributed by atoms with Crippen molar-refractivity contribution in [3.8, 4) is 22.8 Å². The Bertz CT molecular complexity index is 871. The summed E-state index contributed by atoms with van der Waals surface area (Å²) >= 11 is 0. The monoisotopic (exact) mass is 345 g/mol. The molecule has 3 heteroatoms. The lowest BCUT2D eigenvalue weighted by atomic mass is 10.0. The lowest BCUT2D eigenvalue weighted by molar-refractivity contribution is 0.667. The number of aromatic nitrogens is 3. The van der Waals surface area contributed by atoms with E-state index < -0.39 is 0 Å². The van der Waals surface area contributed by atoms with Gasteiger partial charge in [-0.2, -0.15) is 0 Å². The van der Waals surface area contributed by atoms with Gasteiger partial charge in [0.05, 0.1) is 0 Å². The van der Waals surface area contributed by atoms with Crippen molar-refractivity contribution in [2.75, 3.05) is 0 Å². The molecule has 0 radical (unpaired) electrons. The SMILES string of the molecule is CCCCCCc1cccc(-c2nc(C)nc(-c3cccc(C)c3)n2)c1. The Hall–Kier alpha value is -2.55. The third-order valence-electron chi connectivity index (χ3n) is 4.53. The average Bonchev–Trinajstić information content (AvgIpc) is 2.65. The van der Waals surface area contributed by atoms with Crippen LogP contribution in [0.15, 0.2) is 48.5 Å². The van der Waals surface area contributed by atoms with Gasteiger partial charge >= 0.3 is 0 Å². The number of unbranched alkanes of at least 4 members (excludes halogenated alkanes) is 3. The standard InChI is InChI=1S/C23H27N3/c1-4-5-6-7-11-19-12-9-14-21(16-19)23-25-18(3)24-22(26-23)20-13-8-10-17(2)15-20/h8-10,12-16H,4-7,11H2,1-3H3. The third-order valence-corrected chi connectivity index (χ3v) is 4.53. The van der Waals surface area contributed by atoms with Crippen LogP contribution in [0.1, 0.15) is 49.6 Å². The van der Waals surface area contributed by atoms with Gasteiger partial charge in [-0.3, -0.25) is 0 Å². The summed E-state index contributed by atoms with van der Waals surface area (Å²) in [4.78, 5) is 13.9. The van der Waals surface area contributed by atoms with Crippen LogP contribution in [0.5, 0.6) is 0 Å². The van der Waals surface area contributed by atoms with Crippen molar-refractivity contribution in [2.45, 2.75) is 52.9 Å². The summed E-state index contributed by atoms with van der Waals surface area (Å²) in [6.45, 7) is 6.26. The maximum Gasteiger partial charge on any atom is 0.163 e. The smallest absolute Gasteiger partial charge is 0.163 e. The van der Waals surface area contributed by atoms with Gasteiger partial charge < -0.3 is 0 Å². The first kappa shape index (κ1) is 18.2. The molecule has 3 aromatic rings. The van der Waals surface area contributed by atoms with E-state index in [0.29, 0.717) is 0 Å². The van der Waals surface area contributed by atoms with Crippen molar-refractivity contribution < 1.29 is 0 Å². The molecule has 26 heavy (non-hydrogen) atoms. The van der Waals surface area contributed by atoms with E-state index in [0.717, 1.165) is 35.0 Å². The van der Waals surface area contributed by atoms with Gasteiger partial charge in [0.2, 0.25) is 0 Å². The third kappa shape index (κ3) is 4.75. The average molecular weight is 345 g/mol. The van der Waals surface area contributed by atoms with Crippen LogP contribution < -0.4 is 0 Å². The van der Waals surface area contributed by atoms with Crippen LogP contribution in [0.25, 0.3) is 22.8 Å². The van der Waals surface area contributed by atoms with Gasteiger partial charge in [0.25, 0.3) is 0 Å². The zero-order valence-electron chi connectivity index (χ0n) is 16.0. The summed E-state index contributed by atoms with van der Waals surface area (Å²) in [5.41, 5.74) is 4.66. The normalized spacial score (nSPS) is 10.9. The van der Waals surface area contributed by atoms with Gasteiger partial charge in [-0.1, -0.05) is 68.1 Å². The lowest BCUT2D eigenvalue weighted by Crippen LogP contribution is -2.00. The summed E-state index contributed by atoms with van der Waals surface area (Å²) in [7, 11) is 0. The Kier molecular flexibility index (Phi) is 6.11. The van der Waals surface area contributed by atoms with E-state index in [1.165, 1.54) is 36.8 Å². The van der Waals surface area contributed by atoms with Crippen LogP contribution in [-0.4, -0.2) is 15.0 Å². The molecule has 0 fully saturated rings. The van der Waals surface area contributed by atoms with Gasteiger partial charge in [0.1, 0.15) is 5.82 Å². The molecule has 1 heterocycles. The van der Waals surface area contributed by atoms with Crippen molar-refractivity contribution in [2.24, 2.45) is 0 Å². The quantitative estimate of drug-likeness (QED) is 0.497. The molecule has 3 rings (SSSR count). The highest BCUT2D eigenvalue weighted by atomic mass is 15.0. The Morgan fingerprint density at radius 3 is 2.12 bits per heavy atom. The molecule has 0 spiro atoms. The number of hydrogen-bond donors (Lipinski definition) is 0. The molecule has 0 saturated carbocycles. The molecular weight excluding hydrogens is 318 g/mol. The number of aryl methyl sites for hydroxylation is 3. The van der Waals surface area contributed by atoms with Crippen LogP contribution in [0, 0.1) is 13.8 Å². The number of nitrogens with zero attached hydrogens (tertiary/aromatic N) is 3. The van der Waals surface area contributed by atoms with Crippen LogP contribution in [0.3, 0.4) is 0 Å². The molecular formula is C23H27N3. The van der Waals surface area contributed by atoms with E-state index in [9.17, 15) is 0 Å². The first-order chi connectivity index (χ1) is 12.7. The highest BCUT2D eigenvalue weighted by Gasteiger charge is 2.09. The van der Waals surface area contributed by atoms with E-state index in [1.807, 2.05) is 13.0 Å². The van der Waals surface area contributed by atoms with Crippen molar-refractivity contribution in [1.82, 2.24) is 15.0 Å².